The lowest BCUT2D eigenvalue weighted by molar-refractivity contribution is -0.127. The Morgan fingerprint density at radius 2 is 1.59 bits per heavy atom. The molecule has 2 aliphatic heterocycles. The number of nitrogens with two attached hydrogens (primary N) is 2. The Bertz CT molecular complexity index is 841. The number of rotatable bonds is 7. The number of amidine groups is 1. The fourth-order valence-electron chi connectivity index (χ4n) is 8.23. The van der Waals surface area contributed by atoms with Crippen LogP contribution in [0.3, 0.4) is 0 Å². The van der Waals surface area contributed by atoms with Gasteiger partial charge < -0.3 is 16.8 Å². The predicted molar refractivity (Wildman–Crippen MR) is 142 cm³/mol. The van der Waals surface area contributed by atoms with Crippen molar-refractivity contribution in [3.63, 3.8) is 0 Å². The summed E-state index contributed by atoms with van der Waals surface area (Å²) in [5.74, 6) is 1.31. The molecule has 0 aromatic carbocycles. The summed E-state index contributed by atoms with van der Waals surface area (Å²) in [6.07, 6.45) is 11.3. The zero-order valence-electron chi connectivity index (χ0n) is 22.3. The molecule has 2 amide bonds. The van der Waals surface area contributed by atoms with Gasteiger partial charge in [0.15, 0.2) is 0 Å². The van der Waals surface area contributed by atoms with Gasteiger partial charge in [-0.15, -0.1) is 0 Å². The molecule has 2 saturated heterocycles. The number of primary amides is 1. The summed E-state index contributed by atoms with van der Waals surface area (Å²) in [5, 5.41) is 11.4. The molecule has 5 atom stereocenters. The van der Waals surface area contributed by atoms with Gasteiger partial charge >= 0.3 is 0 Å². The van der Waals surface area contributed by atoms with E-state index in [4.69, 9.17) is 16.9 Å². The number of fused-ring (bicyclic) bond motifs is 1. The summed E-state index contributed by atoms with van der Waals surface area (Å²) in [7, 11) is 0. The molecule has 0 radical (unpaired) electrons. The number of amides is 2. The van der Waals surface area contributed by atoms with Crippen LogP contribution in [0, 0.1) is 29.1 Å². The molecule has 0 spiro atoms. The molecule has 8 nitrogen and oxygen atoms in total. The molecule has 4 unspecified atom stereocenters. The van der Waals surface area contributed by atoms with Gasteiger partial charge in [-0.2, -0.15) is 0 Å². The van der Waals surface area contributed by atoms with Crippen LogP contribution in [-0.2, 0) is 9.59 Å². The van der Waals surface area contributed by atoms with Crippen LogP contribution >= 0.6 is 0 Å². The second-order valence-corrected chi connectivity index (χ2v) is 12.8. The second kappa shape index (κ2) is 11.6. The quantitative estimate of drug-likeness (QED) is 0.304. The lowest BCUT2D eigenvalue weighted by Gasteiger charge is -2.40. The lowest BCUT2D eigenvalue weighted by atomic mass is 9.77. The highest BCUT2D eigenvalue weighted by Gasteiger charge is 2.48. The number of halogens is 1. The maximum absolute atomic E-state index is 13.7. The van der Waals surface area contributed by atoms with E-state index in [1.54, 1.807) is 0 Å². The van der Waals surface area contributed by atoms with Gasteiger partial charge in [0.05, 0.1) is 11.9 Å². The number of carbonyl (C=O) groups is 2. The van der Waals surface area contributed by atoms with Crippen LogP contribution < -0.4 is 16.8 Å². The minimum absolute atomic E-state index is 0.00933. The van der Waals surface area contributed by atoms with Crippen LogP contribution in [-0.4, -0.2) is 77.4 Å². The maximum atomic E-state index is 13.7. The molecule has 0 aromatic rings. The predicted octanol–water partition coefficient (Wildman–Crippen LogP) is 2.54. The third-order valence-electron chi connectivity index (χ3n) is 10.5. The third kappa shape index (κ3) is 6.13. The molecular weight excluding hydrogens is 471 g/mol. The average molecular weight is 519 g/mol. The Morgan fingerprint density at radius 3 is 2.22 bits per heavy atom. The van der Waals surface area contributed by atoms with Crippen LogP contribution in [0.4, 0.5) is 4.39 Å². The van der Waals surface area contributed by atoms with E-state index < -0.39 is 6.17 Å². The van der Waals surface area contributed by atoms with Gasteiger partial charge in [0, 0.05) is 49.6 Å². The van der Waals surface area contributed by atoms with Crippen LogP contribution in [0.5, 0.6) is 0 Å². The van der Waals surface area contributed by atoms with E-state index in [0.29, 0.717) is 36.9 Å². The van der Waals surface area contributed by atoms with Crippen molar-refractivity contribution in [1.82, 2.24) is 15.1 Å². The Balaban J connectivity index is 1.20. The first-order chi connectivity index (χ1) is 17.8. The van der Waals surface area contributed by atoms with Gasteiger partial charge in [-0.1, -0.05) is 0 Å². The van der Waals surface area contributed by atoms with Gasteiger partial charge in [-0.05, 0) is 95.3 Å². The fraction of sp³-hybridized carbons (Fsp3) is 0.893. The van der Waals surface area contributed by atoms with E-state index in [0.717, 1.165) is 90.1 Å². The number of nitrogens with one attached hydrogen (secondary N) is 2. The normalized spacial score (nSPS) is 41.3. The number of likely N-dealkylation sites (tertiary alicyclic amines) is 2. The topological polar surface area (TPSA) is 129 Å². The Labute approximate surface area is 220 Å². The first-order valence-corrected chi connectivity index (χ1v) is 14.9. The standard InChI is InChI=1S/C28H47FN6O2/c29-21-11-12-34(16-21)23-9-7-22(8-10-23)33-28(37)25-13-19-5-6-20(26(30)31)14-24(19)35(25)15-17-1-3-18(4-2-17)27(32)36/h17-25H,1-16H2,(H3,30,31)(H2,32,36)(H,33,37)/t17?,18?,19?,20?,21-,22?,23?,24?,25?/m1/s1. The third-order valence-corrected chi connectivity index (χ3v) is 10.5. The number of carbonyl (C=O) groups excluding carboxylic acids is 2. The Kier molecular flexibility index (Phi) is 8.39. The first kappa shape index (κ1) is 26.9. The van der Waals surface area contributed by atoms with E-state index in [-0.39, 0.29) is 41.6 Å². The van der Waals surface area contributed by atoms with Crippen molar-refractivity contribution in [2.24, 2.45) is 35.1 Å². The van der Waals surface area contributed by atoms with Crippen molar-refractivity contribution in [3.05, 3.63) is 0 Å². The highest BCUT2D eigenvalue weighted by molar-refractivity contribution is 5.83. The Hall–Kier alpha value is -1.74. The Morgan fingerprint density at radius 1 is 0.892 bits per heavy atom. The van der Waals surface area contributed by atoms with Gasteiger partial charge in [0.25, 0.3) is 0 Å². The number of nitrogens with zero attached hydrogens (tertiary/aromatic N) is 2. The van der Waals surface area contributed by atoms with Crippen molar-refractivity contribution in [3.8, 4) is 0 Å². The number of alkyl halides is 1. The monoisotopic (exact) mass is 518 g/mol. The zero-order valence-corrected chi connectivity index (χ0v) is 22.3. The van der Waals surface area contributed by atoms with Crippen molar-refractivity contribution >= 4 is 17.6 Å². The molecule has 6 N–H and O–H groups in total. The lowest BCUT2D eigenvalue weighted by Crippen LogP contribution is -2.52. The first-order valence-electron chi connectivity index (χ1n) is 14.9. The van der Waals surface area contributed by atoms with Crippen molar-refractivity contribution in [2.45, 2.75) is 114 Å². The second-order valence-electron chi connectivity index (χ2n) is 12.8. The average Bonchev–Trinajstić information content (AvgIpc) is 3.48. The van der Waals surface area contributed by atoms with Gasteiger partial charge in [-0.25, -0.2) is 4.39 Å². The molecule has 3 aliphatic carbocycles. The van der Waals surface area contributed by atoms with Crippen LogP contribution in [0.1, 0.15) is 83.5 Å². The van der Waals surface area contributed by atoms with Crippen LogP contribution in [0.15, 0.2) is 0 Å². The van der Waals surface area contributed by atoms with Crippen molar-refractivity contribution in [2.75, 3.05) is 19.6 Å². The molecular formula is C28H47FN6O2. The minimum atomic E-state index is -0.678. The van der Waals surface area contributed by atoms with Gasteiger partial charge in [0.1, 0.15) is 6.17 Å². The van der Waals surface area contributed by atoms with Crippen LogP contribution in [0.25, 0.3) is 0 Å². The van der Waals surface area contributed by atoms with E-state index in [9.17, 15) is 14.0 Å². The largest absolute Gasteiger partial charge is 0.387 e. The van der Waals surface area contributed by atoms with Gasteiger partial charge in [-0.3, -0.25) is 24.8 Å². The van der Waals surface area contributed by atoms with E-state index in [2.05, 4.69) is 15.1 Å². The van der Waals surface area contributed by atoms with E-state index >= 15 is 0 Å². The smallest absolute Gasteiger partial charge is 0.237 e. The number of hydrogen-bond acceptors (Lipinski definition) is 5. The summed E-state index contributed by atoms with van der Waals surface area (Å²) in [5.41, 5.74) is 11.5. The summed E-state index contributed by atoms with van der Waals surface area (Å²) < 4.78 is 13.7. The highest BCUT2D eigenvalue weighted by atomic mass is 19.1. The van der Waals surface area contributed by atoms with Crippen LogP contribution in [0.2, 0.25) is 0 Å². The number of hydrogen-bond donors (Lipinski definition) is 4. The van der Waals surface area contributed by atoms with E-state index in [1.807, 2.05) is 0 Å². The molecule has 9 heteroatoms. The summed E-state index contributed by atoms with van der Waals surface area (Å²) in [4.78, 5) is 30.1. The highest BCUT2D eigenvalue weighted by Crippen LogP contribution is 2.43. The molecule has 5 rings (SSSR count). The van der Waals surface area contributed by atoms with Crippen molar-refractivity contribution < 1.29 is 14.0 Å². The molecule has 5 aliphatic rings. The van der Waals surface area contributed by atoms with Gasteiger partial charge in [0.2, 0.25) is 11.8 Å². The van der Waals surface area contributed by atoms with Crippen molar-refractivity contribution in [1.29, 1.82) is 5.41 Å². The molecule has 0 bridgehead atoms. The summed E-state index contributed by atoms with van der Waals surface area (Å²) in [6, 6.07) is 0.830. The zero-order chi connectivity index (χ0) is 26.1. The fourth-order valence-corrected chi connectivity index (χ4v) is 8.23. The molecule has 37 heavy (non-hydrogen) atoms. The molecule has 0 aromatic heterocycles. The summed E-state index contributed by atoms with van der Waals surface area (Å²) >= 11 is 0. The molecule has 3 saturated carbocycles. The van der Waals surface area contributed by atoms with E-state index in [1.165, 1.54) is 0 Å². The molecule has 2 heterocycles. The molecule has 5 fully saturated rings. The summed E-state index contributed by atoms with van der Waals surface area (Å²) in [6.45, 7) is 2.32. The SMILES string of the molecule is N=C(N)C1CCC2CC(C(=O)NC3CCC(N4CC[C@@H](F)C4)CC3)N(CC3CCC(C(N)=O)CC3)C2C1. The molecule has 208 valence electrons. The minimum Gasteiger partial charge on any atom is -0.387 e. The maximum Gasteiger partial charge on any atom is 0.237 e.